The molecule has 6 heterocycles. The number of fused-ring (bicyclic) bond motifs is 2. The van der Waals surface area contributed by atoms with E-state index < -0.39 is 0 Å². The van der Waals surface area contributed by atoms with Crippen LogP contribution in [0.1, 0.15) is 61.7 Å². The lowest BCUT2D eigenvalue weighted by Gasteiger charge is -2.37. The van der Waals surface area contributed by atoms with Gasteiger partial charge in [-0.05, 0) is 119 Å². The summed E-state index contributed by atoms with van der Waals surface area (Å²) >= 11 is 0. The van der Waals surface area contributed by atoms with E-state index in [0.29, 0.717) is 6.04 Å². The molecule has 1 amide bonds. The fraction of sp³-hybridized carbons (Fsp3) is 0.543. The van der Waals surface area contributed by atoms with Crippen molar-refractivity contribution in [2.24, 2.45) is 0 Å². The predicted octanol–water partition coefficient (Wildman–Crippen LogP) is 5.40. The number of carbonyl (C=O) groups is 1. The van der Waals surface area contributed by atoms with Gasteiger partial charge in [-0.25, -0.2) is 4.98 Å². The van der Waals surface area contributed by atoms with Gasteiger partial charge < -0.3 is 29.1 Å². The van der Waals surface area contributed by atoms with Crippen LogP contribution in [0, 0.1) is 0 Å². The van der Waals surface area contributed by atoms with Crippen LogP contribution in [0.25, 0.3) is 22.0 Å². The Hall–Kier alpha value is -3.36. The lowest BCUT2D eigenvalue weighted by Crippen LogP contribution is -2.44. The molecular weight excluding hydrogens is 538 g/mol. The first-order valence-electron chi connectivity index (χ1n) is 16.6. The summed E-state index contributed by atoms with van der Waals surface area (Å²) in [6.07, 6.45) is 9.71. The zero-order chi connectivity index (χ0) is 28.8. The number of rotatable bonds is 6. The Balaban J connectivity index is 1.13. The van der Waals surface area contributed by atoms with Crippen molar-refractivity contribution in [3.05, 3.63) is 48.0 Å². The van der Waals surface area contributed by atoms with Gasteiger partial charge in [-0.1, -0.05) is 12.1 Å². The van der Waals surface area contributed by atoms with Gasteiger partial charge in [0.25, 0.3) is 5.91 Å². The molecule has 8 nitrogen and oxygen atoms in total. The lowest BCUT2D eigenvalue weighted by molar-refractivity contribution is 0.0710. The molecule has 2 aromatic carbocycles. The van der Waals surface area contributed by atoms with Gasteiger partial charge >= 0.3 is 0 Å². The molecular formula is C35H43N5O3. The predicted molar refractivity (Wildman–Crippen MR) is 169 cm³/mol. The number of hydrogen-bond acceptors (Lipinski definition) is 7. The molecule has 3 aromatic rings. The SMILES string of the molecule is O=C(c1cc(N2CCC(N3CCCC3)CC2)nc2ccc(-c3ccc4c(c3)OCO4)cc12)N1CCC[C@H]1CN1CCCC1. The molecule has 0 spiro atoms. The van der Waals surface area contributed by atoms with E-state index in [-0.39, 0.29) is 18.7 Å². The topological polar surface area (TPSA) is 61.4 Å². The van der Waals surface area contributed by atoms with E-state index in [0.717, 1.165) is 110 Å². The van der Waals surface area contributed by atoms with Gasteiger partial charge in [0.1, 0.15) is 5.82 Å². The van der Waals surface area contributed by atoms with Crippen LogP contribution in [-0.2, 0) is 0 Å². The van der Waals surface area contributed by atoms with E-state index in [1.807, 2.05) is 12.1 Å². The maximum absolute atomic E-state index is 14.5. The number of amides is 1. The second-order valence-electron chi connectivity index (χ2n) is 13.1. The molecule has 4 saturated heterocycles. The normalized spacial score (nSPS) is 23.2. The zero-order valence-corrected chi connectivity index (χ0v) is 25.2. The molecule has 1 atom stereocenters. The Bertz CT molecular complexity index is 1490. The third kappa shape index (κ3) is 5.33. The quantitative estimate of drug-likeness (QED) is 0.387. The van der Waals surface area contributed by atoms with Gasteiger partial charge in [-0.3, -0.25) is 4.79 Å². The molecule has 0 unspecified atom stereocenters. The summed E-state index contributed by atoms with van der Waals surface area (Å²) in [5.41, 5.74) is 3.78. The van der Waals surface area contributed by atoms with Crippen molar-refractivity contribution in [3.8, 4) is 22.6 Å². The van der Waals surface area contributed by atoms with Crippen LogP contribution in [0.5, 0.6) is 11.5 Å². The van der Waals surface area contributed by atoms with Crippen molar-refractivity contribution in [2.45, 2.75) is 63.5 Å². The first-order valence-corrected chi connectivity index (χ1v) is 16.6. The summed E-state index contributed by atoms with van der Waals surface area (Å²) < 4.78 is 11.2. The minimum Gasteiger partial charge on any atom is -0.454 e. The molecule has 226 valence electrons. The number of aromatic nitrogens is 1. The molecule has 0 saturated carbocycles. The number of benzene rings is 2. The average molecular weight is 582 g/mol. The molecule has 0 bridgehead atoms. The van der Waals surface area contributed by atoms with Crippen molar-refractivity contribution in [1.82, 2.24) is 19.7 Å². The molecule has 5 aliphatic rings. The molecule has 8 heteroatoms. The van der Waals surface area contributed by atoms with Crippen molar-refractivity contribution >= 4 is 22.6 Å². The summed E-state index contributed by atoms with van der Waals surface area (Å²) in [5, 5.41) is 0.933. The van der Waals surface area contributed by atoms with E-state index in [9.17, 15) is 4.79 Å². The van der Waals surface area contributed by atoms with Gasteiger partial charge in [0.2, 0.25) is 6.79 Å². The lowest BCUT2D eigenvalue weighted by atomic mass is 9.99. The van der Waals surface area contributed by atoms with Crippen LogP contribution in [0.15, 0.2) is 42.5 Å². The molecule has 4 fully saturated rings. The Kier molecular flexibility index (Phi) is 7.35. The smallest absolute Gasteiger partial charge is 0.254 e. The van der Waals surface area contributed by atoms with Gasteiger partial charge in [-0.2, -0.15) is 0 Å². The van der Waals surface area contributed by atoms with Gasteiger partial charge in [-0.15, -0.1) is 0 Å². The highest BCUT2D eigenvalue weighted by molar-refractivity contribution is 6.08. The van der Waals surface area contributed by atoms with Crippen molar-refractivity contribution in [3.63, 3.8) is 0 Å². The van der Waals surface area contributed by atoms with E-state index in [2.05, 4.69) is 49.9 Å². The minimum atomic E-state index is 0.158. The van der Waals surface area contributed by atoms with E-state index in [1.165, 1.54) is 38.8 Å². The summed E-state index contributed by atoms with van der Waals surface area (Å²) in [6.45, 7) is 8.88. The van der Waals surface area contributed by atoms with Crippen LogP contribution in [0.2, 0.25) is 0 Å². The number of hydrogen-bond donors (Lipinski definition) is 0. The van der Waals surface area contributed by atoms with Crippen LogP contribution in [0.4, 0.5) is 5.82 Å². The Morgan fingerprint density at radius 1 is 0.767 bits per heavy atom. The highest BCUT2D eigenvalue weighted by Gasteiger charge is 2.33. The Morgan fingerprint density at radius 2 is 1.51 bits per heavy atom. The van der Waals surface area contributed by atoms with Gasteiger partial charge in [0, 0.05) is 43.6 Å². The maximum Gasteiger partial charge on any atom is 0.254 e. The summed E-state index contributed by atoms with van der Waals surface area (Å²) in [7, 11) is 0. The number of pyridine rings is 1. The number of ether oxygens (including phenoxy) is 2. The van der Waals surface area contributed by atoms with Gasteiger partial charge in [0.15, 0.2) is 11.5 Å². The molecule has 1 aromatic heterocycles. The monoisotopic (exact) mass is 581 g/mol. The Morgan fingerprint density at radius 3 is 2.35 bits per heavy atom. The van der Waals surface area contributed by atoms with Gasteiger partial charge in [0.05, 0.1) is 11.1 Å². The molecule has 0 N–H and O–H groups in total. The second kappa shape index (κ2) is 11.6. The third-order valence-electron chi connectivity index (χ3n) is 10.5. The highest BCUT2D eigenvalue weighted by Crippen LogP contribution is 2.38. The fourth-order valence-corrected chi connectivity index (χ4v) is 8.08. The number of carbonyl (C=O) groups excluding carboxylic acids is 1. The van der Waals surface area contributed by atoms with E-state index >= 15 is 0 Å². The number of piperidine rings is 1. The van der Waals surface area contributed by atoms with E-state index in [4.69, 9.17) is 14.5 Å². The number of likely N-dealkylation sites (tertiary alicyclic amines) is 3. The standard InChI is InChI=1S/C35H43N5O3/c41-35(40-17-5-6-28(40)23-37-13-1-2-14-37)30-22-34(39-18-11-27(12-19-39)38-15-3-4-16-38)36-31-9-7-25(20-29(30)31)26-8-10-32-33(21-26)43-24-42-32/h7-10,20-22,27-28H,1-6,11-19,23-24H2/t28-/m0/s1. The summed E-state index contributed by atoms with van der Waals surface area (Å²) in [6, 6.07) is 15.5. The molecule has 8 rings (SSSR count). The summed E-state index contributed by atoms with van der Waals surface area (Å²) in [5.74, 6) is 2.65. The average Bonchev–Trinajstić information content (AvgIpc) is 3.88. The second-order valence-corrected chi connectivity index (χ2v) is 13.1. The largest absolute Gasteiger partial charge is 0.454 e. The third-order valence-corrected chi connectivity index (χ3v) is 10.5. The zero-order valence-electron chi connectivity index (χ0n) is 25.2. The molecule has 0 radical (unpaired) electrons. The first-order chi connectivity index (χ1) is 21.2. The molecule has 0 aliphatic carbocycles. The summed E-state index contributed by atoms with van der Waals surface area (Å²) in [4.78, 5) is 29.5. The fourth-order valence-electron chi connectivity index (χ4n) is 8.08. The number of nitrogens with zero attached hydrogens (tertiary/aromatic N) is 5. The molecule has 5 aliphatic heterocycles. The van der Waals surface area contributed by atoms with E-state index in [1.54, 1.807) is 0 Å². The highest BCUT2D eigenvalue weighted by atomic mass is 16.7. The maximum atomic E-state index is 14.5. The minimum absolute atomic E-state index is 0.158. The first kappa shape index (κ1) is 27.2. The number of anilines is 1. The van der Waals surface area contributed by atoms with Crippen LogP contribution in [-0.4, -0.2) is 96.8 Å². The van der Waals surface area contributed by atoms with Crippen molar-refractivity contribution < 1.29 is 14.3 Å². The van der Waals surface area contributed by atoms with Crippen molar-refractivity contribution in [1.29, 1.82) is 0 Å². The van der Waals surface area contributed by atoms with Crippen LogP contribution >= 0.6 is 0 Å². The Labute approximate surface area is 254 Å². The molecule has 43 heavy (non-hydrogen) atoms. The van der Waals surface area contributed by atoms with Crippen molar-refractivity contribution in [2.75, 3.05) is 64.1 Å². The van der Waals surface area contributed by atoms with Crippen LogP contribution < -0.4 is 14.4 Å². The van der Waals surface area contributed by atoms with Crippen LogP contribution in [0.3, 0.4) is 0 Å².